The monoisotopic (exact) mass is 158 g/mol. The molecule has 0 heterocycles. The molecule has 0 saturated carbocycles. The molecule has 0 radical (unpaired) electrons. The molecule has 3 nitrogen and oxygen atoms in total. The van der Waals surface area contributed by atoms with Crippen LogP contribution in [-0.2, 0) is 9.53 Å². The van der Waals surface area contributed by atoms with E-state index < -0.39 is 12.1 Å². The number of carbonyl (C=O) groups excluding carboxylic acids is 1. The third kappa shape index (κ3) is 4.56. The largest absolute Gasteiger partial charge is 0.466 e. The van der Waals surface area contributed by atoms with Crippen LogP contribution < -0.4 is 0 Å². The first kappa shape index (κ1) is 10.2. The lowest BCUT2D eigenvalue weighted by molar-refractivity contribution is -0.134. The highest BCUT2D eigenvalue weighted by Crippen LogP contribution is 2.01. The molecule has 1 N–H and O–H groups in total. The number of hydrogen-bond acceptors (Lipinski definition) is 3. The summed E-state index contributed by atoms with van der Waals surface area (Å²) in [4.78, 5) is 10.5. The molecule has 0 aromatic rings. The number of esters is 1. The molecule has 0 aliphatic rings. The third-order valence-corrected chi connectivity index (χ3v) is 1.31. The highest BCUT2D eigenvalue weighted by Gasteiger charge is 2.04. The normalized spacial score (nSPS) is 13.9. The molecule has 11 heavy (non-hydrogen) atoms. The summed E-state index contributed by atoms with van der Waals surface area (Å²) in [6.07, 6.45) is 2.08. The van der Waals surface area contributed by atoms with E-state index in [1.165, 1.54) is 19.3 Å². The van der Waals surface area contributed by atoms with Crippen molar-refractivity contribution in [3.05, 3.63) is 12.2 Å². The van der Waals surface area contributed by atoms with Gasteiger partial charge in [-0.15, -0.1) is 0 Å². The number of ether oxygens (including phenoxy) is 1. The van der Waals surface area contributed by atoms with Gasteiger partial charge in [0.25, 0.3) is 0 Å². The van der Waals surface area contributed by atoms with Crippen LogP contribution in [-0.4, -0.2) is 24.3 Å². The summed E-state index contributed by atoms with van der Waals surface area (Å²) in [5.74, 6) is -0.319. The smallest absolute Gasteiger partial charge is 0.330 e. The van der Waals surface area contributed by atoms with E-state index in [0.29, 0.717) is 0 Å². The molecule has 0 saturated heterocycles. The Morgan fingerprint density at radius 3 is 2.45 bits per heavy atom. The molecule has 1 atom stereocenters. The molecule has 3 heteroatoms. The fourth-order valence-corrected chi connectivity index (χ4v) is 0.467. The first-order valence-electron chi connectivity index (χ1n) is 3.52. The minimum absolute atomic E-state index is 0.121. The van der Waals surface area contributed by atoms with E-state index in [2.05, 4.69) is 4.74 Å². The van der Waals surface area contributed by atoms with Crippen LogP contribution >= 0.6 is 0 Å². The van der Waals surface area contributed by atoms with Gasteiger partial charge in [0.2, 0.25) is 0 Å². The quantitative estimate of drug-likeness (QED) is 0.486. The summed E-state index contributed by atoms with van der Waals surface area (Å²) in [6, 6.07) is 0. The molecule has 1 unspecified atom stereocenters. The van der Waals surface area contributed by atoms with E-state index in [1.807, 2.05) is 13.8 Å². The van der Waals surface area contributed by atoms with Gasteiger partial charge in [0.1, 0.15) is 0 Å². The lowest BCUT2D eigenvalue weighted by atomic mass is 10.1. The topological polar surface area (TPSA) is 46.5 Å². The molecule has 64 valence electrons. The van der Waals surface area contributed by atoms with E-state index >= 15 is 0 Å². The van der Waals surface area contributed by atoms with Crippen LogP contribution in [0.25, 0.3) is 0 Å². The number of methoxy groups -OCH3 is 1. The number of aliphatic hydroxyl groups is 1. The number of rotatable bonds is 3. The van der Waals surface area contributed by atoms with Gasteiger partial charge in [-0.25, -0.2) is 4.79 Å². The van der Waals surface area contributed by atoms with Gasteiger partial charge >= 0.3 is 5.97 Å². The second-order valence-electron chi connectivity index (χ2n) is 2.62. The molecule has 0 spiro atoms. The van der Waals surface area contributed by atoms with Gasteiger partial charge in [-0.3, -0.25) is 0 Å². The zero-order valence-electron chi connectivity index (χ0n) is 7.07. The van der Waals surface area contributed by atoms with Crippen molar-refractivity contribution in [3.8, 4) is 0 Å². The van der Waals surface area contributed by atoms with Crippen LogP contribution in [0.4, 0.5) is 0 Å². The van der Waals surface area contributed by atoms with Gasteiger partial charge < -0.3 is 9.84 Å². The maximum atomic E-state index is 10.5. The second-order valence-corrected chi connectivity index (χ2v) is 2.62. The van der Waals surface area contributed by atoms with Crippen molar-refractivity contribution in [3.63, 3.8) is 0 Å². The Morgan fingerprint density at radius 1 is 1.55 bits per heavy atom. The van der Waals surface area contributed by atoms with Crippen molar-refractivity contribution >= 4 is 5.97 Å². The number of carbonyl (C=O) groups is 1. The summed E-state index contributed by atoms with van der Waals surface area (Å²) in [5.41, 5.74) is 0. The molecule has 0 aliphatic heterocycles. The van der Waals surface area contributed by atoms with Crippen LogP contribution in [0.2, 0.25) is 0 Å². The average Bonchev–Trinajstić information content (AvgIpc) is 1.99. The van der Waals surface area contributed by atoms with Crippen LogP contribution in [0.1, 0.15) is 13.8 Å². The van der Waals surface area contributed by atoms with Crippen molar-refractivity contribution in [2.24, 2.45) is 5.92 Å². The van der Waals surface area contributed by atoms with Crippen molar-refractivity contribution in [2.45, 2.75) is 20.0 Å². The van der Waals surface area contributed by atoms with E-state index in [0.717, 1.165) is 0 Å². The van der Waals surface area contributed by atoms with Crippen LogP contribution in [0.15, 0.2) is 12.2 Å². The fraction of sp³-hybridized carbons (Fsp3) is 0.625. The van der Waals surface area contributed by atoms with Gasteiger partial charge in [-0.05, 0) is 12.0 Å². The summed E-state index contributed by atoms with van der Waals surface area (Å²) < 4.78 is 4.34. The maximum absolute atomic E-state index is 10.5. The molecule has 0 rings (SSSR count). The minimum atomic E-state index is -0.575. The average molecular weight is 158 g/mol. The summed E-state index contributed by atoms with van der Waals surface area (Å²) >= 11 is 0. The lowest BCUT2D eigenvalue weighted by Gasteiger charge is -2.07. The van der Waals surface area contributed by atoms with Crippen molar-refractivity contribution < 1.29 is 14.6 Å². The maximum Gasteiger partial charge on any atom is 0.330 e. The Morgan fingerprint density at radius 2 is 2.09 bits per heavy atom. The predicted molar refractivity (Wildman–Crippen MR) is 42.0 cm³/mol. The highest BCUT2D eigenvalue weighted by atomic mass is 16.5. The molecule has 0 aromatic heterocycles. The van der Waals surface area contributed by atoms with Crippen LogP contribution in [0.5, 0.6) is 0 Å². The first-order chi connectivity index (χ1) is 5.07. The Labute approximate surface area is 66.7 Å². The molecule has 0 aromatic carbocycles. The third-order valence-electron chi connectivity index (χ3n) is 1.31. The van der Waals surface area contributed by atoms with Crippen molar-refractivity contribution in [2.75, 3.05) is 7.11 Å². The Bertz CT molecular complexity index is 149. The van der Waals surface area contributed by atoms with E-state index in [1.54, 1.807) is 0 Å². The van der Waals surface area contributed by atoms with Gasteiger partial charge in [-0.1, -0.05) is 13.8 Å². The van der Waals surface area contributed by atoms with Crippen molar-refractivity contribution in [1.29, 1.82) is 0 Å². The Kier molecular flexibility index (Phi) is 4.54. The van der Waals surface area contributed by atoms with E-state index in [-0.39, 0.29) is 5.92 Å². The number of aliphatic hydroxyl groups excluding tert-OH is 1. The first-order valence-corrected chi connectivity index (χ1v) is 3.52. The van der Waals surface area contributed by atoms with Gasteiger partial charge in [0.15, 0.2) is 0 Å². The summed E-state index contributed by atoms with van der Waals surface area (Å²) in [6.45, 7) is 3.73. The zero-order chi connectivity index (χ0) is 8.85. The number of hydrogen-bond donors (Lipinski definition) is 1. The van der Waals surface area contributed by atoms with Crippen molar-refractivity contribution in [1.82, 2.24) is 0 Å². The van der Waals surface area contributed by atoms with Crippen LogP contribution in [0.3, 0.4) is 0 Å². The molecular weight excluding hydrogens is 144 g/mol. The van der Waals surface area contributed by atoms with E-state index in [4.69, 9.17) is 0 Å². The van der Waals surface area contributed by atoms with Gasteiger partial charge in [-0.2, -0.15) is 0 Å². The lowest BCUT2D eigenvalue weighted by Crippen LogP contribution is -2.11. The van der Waals surface area contributed by atoms with Crippen LogP contribution in [0, 0.1) is 5.92 Å². The molecular formula is C8H14O3. The highest BCUT2D eigenvalue weighted by molar-refractivity contribution is 5.81. The summed E-state index contributed by atoms with van der Waals surface area (Å²) in [7, 11) is 1.30. The van der Waals surface area contributed by atoms with E-state index in [9.17, 15) is 9.90 Å². The fourth-order valence-electron chi connectivity index (χ4n) is 0.467. The standard InChI is InChI=1S/C8H14O3/c1-6(2)7(9)4-5-8(10)11-3/h4-7,9H,1-3H3/b5-4+. The second kappa shape index (κ2) is 4.91. The van der Waals surface area contributed by atoms with Gasteiger partial charge in [0.05, 0.1) is 13.2 Å². The minimum Gasteiger partial charge on any atom is -0.466 e. The SMILES string of the molecule is COC(=O)/C=C/C(O)C(C)C. The Balaban J connectivity index is 3.82. The molecule has 0 bridgehead atoms. The molecule has 0 amide bonds. The molecule has 0 aliphatic carbocycles. The summed E-state index contributed by atoms with van der Waals surface area (Å²) in [5, 5.41) is 9.18. The molecule has 0 fully saturated rings. The van der Waals surface area contributed by atoms with Gasteiger partial charge in [0, 0.05) is 6.08 Å². The Hall–Kier alpha value is -0.830. The zero-order valence-corrected chi connectivity index (χ0v) is 7.07. The predicted octanol–water partition coefficient (Wildman–Crippen LogP) is 0.732.